The third kappa shape index (κ3) is 32.3. The number of allylic oxidation sites excluding steroid dienone is 4. The van der Waals surface area contributed by atoms with Gasteiger partial charge in [-0.2, -0.15) is 5.26 Å². The topological polar surface area (TPSA) is 98.4 Å². The van der Waals surface area contributed by atoms with Gasteiger partial charge in [-0.3, -0.25) is 4.79 Å². The molecule has 0 atom stereocenters. The second-order valence-electron chi connectivity index (χ2n) is 4.09. The highest BCUT2D eigenvalue weighted by Crippen LogP contribution is 1.97. The van der Waals surface area contributed by atoms with E-state index in [2.05, 4.69) is 26.3 Å². The average molecular weight is 355 g/mol. The molecule has 0 aliphatic rings. The van der Waals surface area contributed by atoms with E-state index in [0.29, 0.717) is 0 Å². The van der Waals surface area contributed by atoms with Crippen molar-refractivity contribution in [3.05, 3.63) is 92.6 Å². The summed E-state index contributed by atoms with van der Waals surface area (Å²) in [5.41, 5.74) is 1.17. The molecule has 0 amide bonds. The molecule has 5 heteroatoms. The van der Waals surface area contributed by atoms with Crippen molar-refractivity contribution >= 4 is 18.0 Å². The van der Waals surface area contributed by atoms with E-state index < -0.39 is 11.9 Å². The Bertz CT molecular complexity index is 605. The normalized spacial score (nSPS) is 7.81. The van der Waals surface area contributed by atoms with Gasteiger partial charge in [-0.05, 0) is 12.0 Å². The number of benzene rings is 1. The van der Waals surface area contributed by atoms with E-state index in [0.717, 1.165) is 6.08 Å². The average Bonchev–Trinajstić information content (AvgIpc) is 2.66. The molecular weight excluding hydrogens is 330 g/mol. The zero-order chi connectivity index (χ0) is 20.6. The number of hydrogen-bond donors (Lipinski definition) is 2. The standard InChI is InChI=1S/C8H8.C6H8O4.C4H6.C3H3N/c1-2-8-6-4-3-5-7-8;7-5(8)3-1-2-4-6(9)10;1-3-4-2;1-2-3-4/h2-7H,1H2;1,3H,2,4H2,(H,7,8)(H,9,10);3-4H,1-2H2;2H,1H2. The maximum Gasteiger partial charge on any atom is 0.327 e. The maximum absolute atomic E-state index is 9.86. The molecule has 0 unspecified atom stereocenters. The fourth-order valence-electron chi connectivity index (χ4n) is 0.980. The summed E-state index contributed by atoms with van der Waals surface area (Å²) in [6.07, 6.45) is 8.78. The Morgan fingerprint density at radius 1 is 1.04 bits per heavy atom. The Morgan fingerprint density at radius 2 is 1.54 bits per heavy atom. The van der Waals surface area contributed by atoms with E-state index in [9.17, 15) is 9.59 Å². The Hall–Kier alpha value is -3.65. The van der Waals surface area contributed by atoms with Crippen LogP contribution in [0.25, 0.3) is 6.08 Å². The maximum atomic E-state index is 9.86. The van der Waals surface area contributed by atoms with Gasteiger partial charge in [0.15, 0.2) is 0 Å². The SMILES string of the molecule is C=CC#N.C=CC=C.C=Cc1ccccc1.O=C(O)C=CCCC(=O)O. The van der Waals surface area contributed by atoms with Crippen LogP contribution in [0.5, 0.6) is 0 Å². The summed E-state index contributed by atoms with van der Waals surface area (Å²) in [6, 6.07) is 11.7. The lowest BCUT2D eigenvalue weighted by molar-refractivity contribution is -0.137. The van der Waals surface area contributed by atoms with Crippen molar-refractivity contribution in [3.8, 4) is 6.07 Å². The minimum Gasteiger partial charge on any atom is -0.481 e. The van der Waals surface area contributed by atoms with Gasteiger partial charge in [0.05, 0.1) is 6.07 Å². The lowest BCUT2D eigenvalue weighted by Gasteiger charge is -1.85. The van der Waals surface area contributed by atoms with Crippen molar-refractivity contribution in [2.45, 2.75) is 12.8 Å². The first-order valence-electron chi connectivity index (χ1n) is 7.42. The third-order valence-electron chi connectivity index (χ3n) is 2.08. The lowest BCUT2D eigenvalue weighted by atomic mass is 10.2. The molecule has 0 saturated carbocycles. The predicted octanol–water partition coefficient (Wildman–Crippen LogP) is 4.88. The second kappa shape index (κ2) is 23.6. The van der Waals surface area contributed by atoms with E-state index >= 15 is 0 Å². The molecule has 0 fully saturated rings. The zero-order valence-electron chi connectivity index (χ0n) is 14.8. The number of aliphatic carboxylic acids is 2. The fourth-order valence-corrected chi connectivity index (χ4v) is 0.980. The van der Waals surface area contributed by atoms with Crippen LogP contribution in [-0.4, -0.2) is 22.2 Å². The van der Waals surface area contributed by atoms with Crippen LogP contribution in [0.4, 0.5) is 0 Å². The number of nitriles is 1. The van der Waals surface area contributed by atoms with Crippen molar-refractivity contribution < 1.29 is 19.8 Å². The van der Waals surface area contributed by atoms with Crippen molar-refractivity contribution in [3.63, 3.8) is 0 Å². The minimum atomic E-state index is -1.05. The first-order valence-corrected chi connectivity index (χ1v) is 7.42. The Balaban J connectivity index is -0.000000294. The van der Waals surface area contributed by atoms with Crippen LogP contribution in [0.2, 0.25) is 0 Å². The van der Waals surface area contributed by atoms with Crippen LogP contribution in [0.3, 0.4) is 0 Å². The highest BCUT2D eigenvalue weighted by molar-refractivity contribution is 5.79. The van der Waals surface area contributed by atoms with Crippen LogP contribution >= 0.6 is 0 Å². The molecule has 1 aromatic rings. The molecule has 0 saturated heterocycles. The third-order valence-corrected chi connectivity index (χ3v) is 2.08. The highest BCUT2D eigenvalue weighted by Gasteiger charge is 1.92. The molecule has 0 aliphatic carbocycles. The highest BCUT2D eigenvalue weighted by atomic mass is 16.4. The van der Waals surface area contributed by atoms with Gasteiger partial charge in [-0.15, -0.1) is 0 Å². The van der Waals surface area contributed by atoms with Crippen molar-refractivity contribution in [1.29, 1.82) is 5.26 Å². The van der Waals surface area contributed by atoms with Crippen LogP contribution < -0.4 is 0 Å². The van der Waals surface area contributed by atoms with Gasteiger partial charge in [0.1, 0.15) is 0 Å². The molecule has 5 nitrogen and oxygen atoms in total. The van der Waals surface area contributed by atoms with Gasteiger partial charge >= 0.3 is 11.9 Å². The van der Waals surface area contributed by atoms with Crippen LogP contribution in [-0.2, 0) is 9.59 Å². The molecular formula is C21H25NO4. The van der Waals surface area contributed by atoms with E-state index in [1.807, 2.05) is 36.4 Å². The molecule has 0 spiro atoms. The minimum absolute atomic E-state index is 0.0240. The van der Waals surface area contributed by atoms with E-state index in [-0.39, 0.29) is 12.8 Å². The van der Waals surface area contributed by atoms with Crippen molar-refractivity contribution in [2.75, 3.05) is 0 Å². The number of carbonyl (C=O) groups is 2. The smallest absolute Gasteiger partial charge is 0.327 e. The first kappa shape index (κ1) is 27.2. The molecule has 0 aromatic heterocycles. The summed E-state index contributed by atoms with van der Waals surface area (Å²) in [5.74, 6) is -1.97. The quantitative estimate of drug-likeness (QED) is 0.431. The molecule has 0 radical (unpaired) electrons. The molecule has 138 valence electrons. The monoisotopic (exact) mass is 355 g/mol. The molecule has 1 aromatic carbocycles. The zero-order valence-corrected chi connectivity index (χ0v) is 14.8. The second-order valence-corrected chi connectivity index (χ2v) is 4.09. The lowest BCUT2D eigenvalue weighted by Crippen LogP contribution is -1.92. The van der Waals surface area contributed by atoms with E-state index in [1.165, 1.54) is 17.7 Å². The van der Waals surface area contributed by atoms with Crippen LogP contribution in [0, 0.1) is 11.3 Å². The molecule has 26 heavy (non-hydrogen) atoms. The number of hydrogen-bond acceptors (Lipinski definition) is 3. The van der Waals surface area contributed by atoms with Gasteiger partial charge in [-0.25, -0.2) is 4.79 Å². The van der Waals surface area contributed by atoms with E-state index in [1.54, 1.807) is 18.2 Å². The van der Waals surface area contributed by atoms with Crippen molar-refractivity contribution in [1.82, 2.24) is 0 Å². The molecule has 0 bridgehead atoms. The van der Waals surface area contributed by atoms with Crippen molar-refractivity contribution in [2.24, 2.45) is 0 Å². The van der Waals surface area contributed by atoms with E-state index in [4.69, 9.17) is 15.5 Å². The van der Waals surface area contributed by atoms with Gasteiger partial charge in [0.2, 0.25) is 0 Å². The first-order chi connectivity index (χ1) is 12.4. The summed E-state index contributed by atoms with van der Waals surface area (Å²) >= 11 is 0. The predicted molar refractivity (Wildman–Crippen MR) is 106 cm³/mol. The summed E-state index contributed by atoms with van der Waals surface area (Å²) in [4.78, 5) is 19.7. The molecule has 1 rings (SSSR count). The van der Waals surface area contributed by atoms with Crippen LogP contribution in [0.1, 0.15) is 18.4 Å². The number of nitrogens with zero attached hydrogens (tertiary/aromatic N) is 1. The Morgan fingerprint density at radius 3 is 1.81 bits per heavy atom. The number of carboxylic acids is 2. The molecule has 0 heterocycles. The van der Waals surface area contributed by atoms with Gasteiger partial charge in [0, 0.05) is 18.6 Å². The summed E-state index contributed by atoms with van der Waals surface area (Å²) in [6.45, 7) is 13.5. The summed E-state index contributed by atoms with van der Waals surface area (Å²) in [7, 11) is 0. The Kier molecular flexibility index (Phi) is 24.7. The number of carboxylic acid groups (broad SMARTS) is 2. The summed E-state index contributed by atoms with van der Waals surface area (Å²) < 4.78 is 0. The molecule has 0 aliphatic heterocycles. The largest absolute Gasteiger partial charge is 0.481 e. The van der Waals surface area contributed by atoms with Gasteiger partial charge < -0.3 is 10.2 Å². The van der Waals surface area contributed by atoms with Gasteiger partial charge in [-0.1, -0.05) is 81.0 Å². The fraction of sp³-hybridized carbons (Fsp3) is 0.0952. The van der Waals surface area contributed by atoms with Gasteiger partial charge in [0.25, 0.3) is 0 Å². The Labute approximate surface area is 155 Å². The number of rotatable bonds is 6. The summed E-state index contributed by atoms with van der Waals surface area (Å²) in [5, 5.41) is 23.6. The molecule has 2 N–H and O–H groups in total. The van der Waals surface area contributed by atoms with Crippen LogP contribution in [0.15, 0.2) is 87.0 Å².